The third kappa shape index (κ3) is 3.43. The van der Waals surface area contributed by atoms with Crippen LogP contribution in [0.4, 0.5) is 15.9 Å². The standard InChI is InChI=1S/C20H17ClFN7O2S/c21-17-16(29-8-3-9-32(29,30)31)18(23)27-19(26-17)13-6-7-24-20-14(13)10-25-28(20)11-12-4-1-2-5-15(12)22/h1-2,4-7,10H,3,8-9,11H2,(H2,23,26,27). The largest absolute Gasteiger partial charge is 0.382 e. The number of nitrogens with zero attached hydrogens (tertiary/aromatic N) is 6. The Hall–Kier alpha value is -3.31. The molecule has 4 heterocycles. The number of sulfonamides is 1. The predicted octanol–water partition coefficient (Wildman–Crippen LogP) is 2.85. The van der Waals surface area contributed by atoms with Crippen molar-refractivity contribution in [2.24, 2.45) is 0 Å². The molecule has 12 heteroatoms. The highest BCUT2D eigenvalue weighted by atomic mass is 35.5. The third-order valence-electron chi connectivity index (χ3n) is 5.28. The van der Waals surface area contributed by atoms with Gasteiger partial charge in [0.05, 0.1) is 23.9 Å². The second-order valence-electron chi connectivity index (χ2n) is 7.30. The van der Waals surface area contributed by atoms with Gasteiger partial charge < -0.3 is 5.73 Å². The maximum absolute atomic E-state index is 14.1. The van der Waals surface area contributed by atoms with Crippen molar-refractivity contribution in [3.8, 4) is 11.4 Å². The lowest BCUT2D eigenvalue weighted by Crippen LogP contribution is -2.27. The molecule has 0 radical (unpaired) electrons. The number of hydrogen-bond acceptors (Lipinski definition) is 7. The lowest BCUT2D eigenvalue weighted by molar-refractivity contribution is 0.589. The van der Waals surface area contributed by atoms with Crippen molar-refractivity contribution in [3.05, 3.63) is 59.3 Å². The van der Waals surface area contributed by atoms with Gasteiger partial charge in [-0.1, -0.05) is 29.8 Å². The molecule has 1 aromatic carbocycles. The van der Waals surface area contributed by atoms with Crippen LogP contribution in [0.1, 0.15) is 12.0 Å². The summed E-state index contributed by atoms with van der Waals surface area (Å²) in [4.78, 5) is 13.0. The Labute approximate surface area is 187 Å². The first kappa shape index (κ1) is 20.6. The van der Waals surface area contributed by atoms with E-state index in [1.54, 1.807) is 41.3 Å². The van der Waals surface area contributed by atoms with Gasteiger partial charge in [0.2, 0.25) is 10.0 Å². The van der Waals surface area contributed by atoms with Crippen LogP contribution in [0.2, 0.25) is 5.15 Å². The van der Waals surface area contributed by atoms with Crippen LogP contribution in [0.15, 0.2) is 42.7 Å². The summed E-state index contributed by atoms with van der Waals surface area (Å²) in [6, 6.07) is 8.14. The fraction of sp³-hybridized carbons (Fsp3) is 0.200. The van der Waals surface area contributed by atoms with Crippen molar-refractivity contribution in [1.82, 2.24) is 24.7 Å². The molecule has 0 bridgehead atoms. The molecule has 0 atom stereocenters. The molecule has 0 amide bonds. The molecule has 1 saturated heterocycles. The van der Waals surface area contributed by atoms with Gasteiger partial charge in [-0.05, 0) is 18.6 Å². The highest BCUT2D eigenvalue weighted by Crippen LogP contribution is 2.36. The number of benzene rings is 1. The predicted molar refractivity (Wildman–Crippen MR) is 119 cm³/mol. The molecule has 4 aromatic rings. The summed E-state index contributed by atoms with van der Waals surface area (Å²) >= 11 is 6.36. The number of rotatable bonds is 4. The molecular weight excluding hydrogens is 457 g/mol. The summed E-state index contributed by atoms with van der Waals surface area (Å²) < 4.78 is 41.4. The topological polar surface area (TPSA) is 120 Å². The highest BCUT2D eigenvalue weighted by molar-refractivity contribution is 7.93. The molecule has 0 unspecified atom stereocenters. The normalized spacial score (nSPS) is 15.5. The van der Waals surface area contributed by atoms with E-state index >= 15 is 0 Å². The zero-order chi connectivity index (χ0) is 22.5. The van der Waals surface area contributed by atoms with Gasteiger partial charge in [-0.25, -0.2) is 32.4 Å². The lowest BCUT2D eigenvalue weighted by atomic mass is 10.1. The number of nitrogens with two attached hydrogens (primary N) is 1. The van der Waals surface area contributed by atoms with E-state index in [1.165, 1.54) is 6.07 Å². The minimum atomic E-state index is -3.49. The van der Waals surface area contributed by atoms with Crippen LogP contribution in [0.25, 0.3) is 22.4 Å². The Kier molecular flexibility index (Phi) is 4.94. The number of nitrogen functional groups attached to an aromatic ring is 1. The molecule has 1 aliphatic rings. The monoisotopic (exact) mass is 473 g/mol. The van der Waals surface area contributed by atoms with Crippen LogP contribution in [0.3, 0.4) is 0 Å². The van der Waals surface area contributed by atoms with Crippen molar-refractivity contribution >= 4 is 44.2 Å². The second kappa shape index (κ2) is 7.68. The molecule has 0 aliphatic carbocycles. The Morgan fingerprint density at radius 3 is 2.72 bits per heavy atom. The molecule has 0 spiro atoms. The molecule has 2 N–H and O–H groups in total. The quantitative estimate of drug-likeness (QED) is 0.452. The number of fused-ring (bicyclic) bond motifs is 1. The van der Waals surface area contributed by atoms with Crippen molar-refractivity contribution in [3.63, 3.8) is 0 Å². The summed E-state index contributed by atoms with van der Waals surface area (Å²) in [5.74, 6) is -0.126. The smallest absolute Gasteiger partial charge is 0.235 e. The number of hydrogen-bond donors (Lipinski definition) is 1. The minimum Gasteiger partial charge on any atom is -0.382 e. The first-order valence-electron chi connectivity index (χ1n) is 9.73. The van der Waals surface area contributed by atoms with Crippen molar-refractivity contribution in [2.75, 3.05) is 22.3 Å². The third-order valence-corrected chi connectivity index (χ3v) is 7.38. The summed E-state index contributed by atoms with van der Waals surface area (Å²) in [5, 5.41) is 4.91. The van der Waals surface area contributed by atoms with Gasteiger partial charge in [0.15, 0.2) is 22.4 Å². The number of pyridine rings is 1. The van der Waals surface area contributed by atoms with Crippen LogP contribution in [-0.4, -0.2) is 45.4 Å². The second-order valence-corrected chi connectivity index (χ2v) is 9.67. The van der Waals surface area contributed by atoms with E-state index in [2.05, 4.69) is 20.1 Å². The maximum atomic E-state index is 14.1. The summed E-state index contributed by atoms with van der Waals surface area (Å²) in [5.41, 5.74) is 7.75. The van der Waals surface area contributed by atoms with Crippen molar-refractivity contribution in [2.45, 2.75) is 13.0 Å². The van der Waals surface area contributed by atoms with Crippen molar-refractivity contribution < 1.29 is 12.8 Å². The number of halogens is 2. The zero-order valence-electron chi connectivity index (χ0n) is 16.6. The van der Waals surface area contributed by atoms with Gasteiger partial charge in [-0.3, -0.25) is 4.31 Å². The van der Waals surface area contributed by atoms with E-state index in [-0.39, 0.29) is 47.1 Å². The average Bonchev–Trinajstić information content (AvgIpc) is 3.32. The minimum absolute atomic E-state index is 0.0245. The van der Waals surface area contributed by atoms with E-state index in [9.17, 15) is 12.8 Å². The van der Waals surface area contributed by atoms with Crippen LogP contribution in [-0.2, 0) is 16.6 Å². The van der Waals surface area contributed by atoms with Gasteiger partial charge in [0.1, 0.15) is 11.5 Å². The van der Waals surface area contributed by atoms with Crippen LogP contribution < -0.4 is 10.0 Å². The zero-order valence-corrected chi connectivity index (χ0v) is 18.2. The highest BCUT2D eigenvalue weighted by Gasteiger charge is 2.33. The SMILES string of the molecule is Nc1nc(-c2ccnc3c2cnn3Cc2ccccc2F)nc(Cl)c1N1CCCS1(=O)=O. The number of aromatic nitrogens is 5. The first-order chi connectivity index (χ1) is 15.3. The van der Waals surface area contributed by atoms with Gasteiger partial charge >= 0.3 is 0 Å². The van der Waals surface area contributed by atoms with Gasteiger partial charge in [-0.2, -0.15) is 5.10 Å². The maximum Gasteiger partial charge on any atom is 0.235 e. The van der Waals surface area contributed by atoms with Crippen molar-refractivity contribution in [1.29, 1.82) is 0 Å². The Bertz CT molecular complexity index is 1430. The Balaban J connectivity index is 1.57. The Morgan fingerprint density at radius 1 is 1.19 bits per heavy atom. The molecule has 1 fully saturated rings. The van der Waals surface area contributed by atoms with Gasteiger partial charge in [0, 0.05) is 23.9 Å². The average molecular weight is 474 g/mol. The van der Waals surface area contributed by atoms with E-state index in [0.29, 0.717) is 28.6 Å². The van der Waals surface area contributed by atoms with Crippen LogP contribution in [0.5, 0.6) is 0 Å². The molecule has 0 saturated carbocycles. The first-order valence-corrected chi connectivity index (χ1v) is 11.7. The fourth-order valence-electron chi connectivity index (χ4n) is 3.76. The molecule has 9 nitrogen and oxygen atoms in total. The fourth-order valence-corrected chi connectivity index (χ4v) is 5.67. The molecule has 32 heavy (non-hydrogen) atoms. The van der Waals surface area contributed by atoms with E-state index < -0.39 is 10.0 Å². The summed E-state index contributed by atoms with van der Waals surface area (Å²) in [7, 11) is -3.49. The molecule has 1 aliphatic heterocycles. The van der Waals surface area contributed by atoms with Crippen LogP contribution >= 0.6 is 11.6 Å². The van der Waals surface area contributed by atoms with Gasteiger partial charge in [-0.15, -0.1) is 0 Å². The molecule has 5 rings (SSSR count). The van der Waals surface area contributed by atoms with E-state index in [1.807, 2.05) is 0 Å². The van der Waals surface area contributed by atoms with Crippen LogP contribution in [0, 0.1) is 5.82 Å². The summed E-state index contributed by atoms with van der Waals surface area (Å²) in [6.45, 7) is 0.472. The lowest BCUT2D eigenvalue weighted by Gasteiger charge is -2.19. The van der Waals surface area contributed by atoms with E-state index in [4.69, 9.17) is 17.3 Å². The number of anilines is 2. The molecule has 164 valence electrons. The summed E-state index contributed by atoms with van der Waals surface area (Å²) in [6.07, 6.45) is 3.63. The van der Waals surface area contributed by atoms with E-state index in [0.717, 1.165) is 4.31 Å². The molecule has 3 aromatic heterocycles. The van der Waals surface area contributed by atoms with Gasteiger partial charge in [0.25, 0.3) is 0 Å². The Morgan fingerprint density at radius 2 is 2.00 bits per heavy atom. The molecular formula is C20H17ClFN7O2S.